The highest BCUT2D eigenvalue weighted by molar-refractivity contribution is 7.22. The van der Waals surface area contributed by atoms with Crippen LogP contribution in [-0.2, 0) is 11.2 Å². The number of imidazole rings is 1. The molecule has 4 rings (SSSR count). The lowest BCUT2D eigenvalue weighted by Gasteiger charge is -2.10. The van der Waals surface area contributed by atoms with Crippen LogP contribution < -0.4 is 10.6 Å². The summed E-state index contributed by atoms with van der Waals surface area (Å²) in [6.07, 6.45) is 0.161. The van der Waals surface area contributed by atoms with Gasteiger partial charge in [-0.3, -0.25) is 0 Å². The molecule has 160 valence electrons. The highest BCUT2D eigenvalue weighted by Gasteiger charge is 2.20. The first-order chi connectivity index (χ1) is 15.0. The zero-order valence-electron chi connectivity index (χ0n) is 17.3. The lowest BCUT2D eigenvalue weighted by atomic mass is 10.1. The summed E-state index contributed by atoms with van der Waals surface area (Å²) in [5.74, 6) is -0.0304. The first-order valence-electron chi connectivity index (χ1n) is 9.96. The van der Waals surface area contributed by atoms with E-state index >= 15 is 0 Å². The van der Waals surface area contributed by atoms with Gasteiger partial charge in [-0.15, -0.1) is 0 Å². The standard InChI is InChI=1S/C22H23N5O3S/c1-3-30-22(29)27-19(28)14(2)24-20(27)25-16-10-8-15(9-11-16)12-13-23-21-26-17-6-4-5-7-18(17)31-21/h4-11,28H,3,12-13H2,1-2H3,(H,23,26)(H,24,25). The number of aromatic hydroxyl groups is 1. The first kappa shape index (κ1) is 20.7. The number of nitrogens with one attached hydrogen (secondary N) is 2. The Labute approximate surface area is 183 Å². The Morgan fingerprint density at radius 3 is 2.68 bits per heavy atom. The third-order valence-electron chi connectivity index (χ3n) is 4.67. The maximum atomic E-state index is 12.1. The van der Waals surface area contributed by atoms with E-state index in [1.165, 1.54) is 4.70 Å². The molecule has 2 heterocycles. The zero-order chi connectivity index (χ0) is 21.8. The smallest absolute Gasteiger partial charge is 0.423 e. The summed E-state index contributed by atoms with van der Waals surface area (Å²) >= 11 is 1.65. The third-order valence-corrected chi connectivity index (χ3v) is 5.66. The van der Waals surface area contributed by atoms with E-state index in [-0.39, 0.29) is 18.4 Å². The number of carbonyl (C=O) groups is 1. The molecule has 0 aliphatic rings. The number of hydrogen-bond donors (Lipinski definition) is 3. The van der Waals surface area contributed by atoms with Crippen LogP contribution in [0.2, 0.25) is 0 Å². The largest absolute Gasteiger partial charge is 0.493 e. The second-order valence-electron chi connectivity index (χ2n) is 6.86. The Bertz CT molecular complexity index is 1170. The van der Waals surface area contributed by atoms with Crippen molar-refractivity contribution in [3.05, 3.63) is 59.8 Å². The van der Waals surface area contributed by atoms with E-state index < -0.39 is 6.09 Å². The molecule has 0 atom stereocenters. The van der Waals surface area contributed by atoms with Crippen LogP contribution in [-0.4, -0.2) is 38.9 Å². The minimum atomic E-state index is -0.680. The van der Waals surface area contributed by atoms with Crippen LogP contribution in [0, 0.1) is 6.92 Å². The molecule has 9 heteroatoms. The Morgan fingerprint density at radius 1 is 1.16 bits per heavy atom. The average molecular weight is 438 g/mol. The molecule has 0 aliphatic carbocycles. The molecular weight excluding hydrogens is 414 g/mol. The third kappa shape index (κ3) is 4.61. The molecule has 0 saturated carbocycles. The van der Waals surface area contributed by atoms with Crippen molar-refractivity contribution >= 4 is 44.4 Å². The number of rotatable bonds is 7. The van der Waals surface area contributed by atoms with Crippen LogP contribution in [0.1, 0.15) is 18.2 Å². The van der Waals surface area contributed by atoms with Crippen molar-refractivity contribution in [1.82, 2.24) is 14.5 Å². The van der Waals surface area contributed by atoms with E-state index in [0.717, 1.165) is 39.4 Å². The van der Waals surface area contributed by atoms with Crippen LogP contribution >= 0.6 is 11.3 Å². The summed E-state index contributed by atoms with van der Waals surface area (Å²) in [5, 5.41) is 17.5. The van der Waals surface area contributed by atoms with Crippen molar-refractivity contribution in [3.8, 4) is 5.88 Å². The molecule has 0 radical (unpaired) electrons. The Hall–Kier alpha value is -3.59. The van der Waals surface area contributed by atoms with Crippen molar-refractivity contribution in [3.63, 3.8) is 0 Å². The van der Waals surface area contributed by atoms with Gasteiger partial charge in [0.1, 0.15) is 5.69 Å². The summed E-state index contributed by atoms with van der Waals surface area (Å²) in [4.78, 5) is 20.9. The normalized spacial score (nSPS) is 10.9. The molecule has 0 aliphatic heterocycles. The van der Waals surface area contributed by atoms with Crippen LogP contribution in [0.5, 0.6) is 5.88 Å². The van der Waals surface area contributed by atoms with E-state index in [9.17, 15) is 9.90 Å². The number of para-hydroxylation sites is 1. The van der Waals surface area contributed by atoms with Crippen LogP contribution in [0.4, 0.5) is 21.6 Å². The lowest BCUT2D eigenvalue weighted by molar-refractivity contribution is 0.152. The molecule has 0 amide bonds. The molecular formula is C22H23N5O3S. The van der Waals surface area contributed by atoms with E-state index in [4.69, 9.17) is 4.74 Å². The van der Waals surface area contributed by atoms with Gasteiger partial charge >= 0.3 is 6.09 Å². The predicted molar refractivity (Wildman–Crippen MR) is 123 cm³/mol. The van der Waals surface area contributed by atoms with Gasteiger partial charge in [0.05, 0.1) is 16.8 Å². The van der Waals surface area contributed by atoms with E-state index in [0.29, 0.717) is 5.69 Å². The number of anilines is 3. The molecule has 0 bridgehead atoms. The Morgan fingerprint density at radius 2 is 1.94 bits per heavy atom. The number of thiazole rings is 1. The summed E-state index contributed by atoms with van der Waals surface area (Å²) in [6.45, 7) is 4.30. The second-order valence-corrected chi connectivity index (χ2v) is 7.89. The number of hydrogen-bond acceptors (Lipinski definition) is 8. The number of aromatic nitrogens is 3. The van der Waals surface area contributed by atoms with Crippen molar-refractivity contribution in [1.29, 1.82) is 0 Å². The number of aryl methyl sites for hydroxylation is 1. The van der Waals surface area contributed by atoms with Gasteiger partial charge in [-0.25, -0.2) is 14.8 Å². The maximum absolute atomic E-state index is 12.1. The Kier molecular flexibility index (Phi) is 6.03. The number of benzene rings is 2. The summed E-state index contributed by atoms with van der Waals surface area (Å²) < 4.78 is 7.18. The molecule has 2 aromatic carbocycles. The molecule has 2 aromatic heterocycles. The van der Waals surface area contributed by atoms with Crippen molar-refractivity contribution in [2.75, 3.05) is 23.8 Å². The first-order valence-corrected chi connectivity index (χ1v) is 10.8. The molecule has 4 aromatic rings. The highest BCUT2D eigenvalue weighted by atomic mass is 32.1. The van der Waals surface area contributed by atoms with Crippen molar-refractivity contribution in [2.24, 2.45) is 0 Å². The Balaban J connectivity index is 1.37. The minimum absolute atomic E-state index is 0.203. The quantitative estimate of drug-likeness (QED) is 0.378. The molecule has 31 heavy (non-hydrogen) atoms. The summed E-state index contributed by atoms with van der Waals surface area (Å²) in [6, 6.07) is 15.9. The minimum Gasteiger partial charge on any atom is -0.493 e. The topological polar surface area (TPSA) is 101 Å². The lowest BCUT2D eigenvalue weighted by Crippen LogP contribution is -2.15. The fourth-order valence-electron chi connectivity index (χ4n) is 3.11. The zero-order valence-corrected chi connectivity index (χ0v) is 18.1. The molecule has 0 saturated heterocycles. The van der Waals surface area contributed by atoms with E-state index in [1.54, 1.807) is 25.2 Å². The maximum Gasteiger partial charge on any atom is 0.423 e. The van der Waals surface area contributed by atoms with Gasteiger partial charge in [-0.1, -0.05) is 35.6 Å². The molecule has 0 fully saturated rings. The van der Waals surface area contributed by atoms with Crippen molar-refractivity contribution < 1.29 is 14.6 Å². The van der Waals surface area contributed by atoms with Gasteiger partial charge in [-0.05, 0) is 50.1 Å². The van der Waals surface area contributed by atoms with Gasteiger partial charge in [0.15, 0.2) is 5.13 Å². The average Bonchev–Trinajstić information content (AvgIpc) is 3.29. The van der Waals surface area contributed by atoms with Gasteiger partial charge in [0.2, 0.25) is 11.8 Å². The highest BCUT2D eigenvalue weighted by Crippen LogP contribution is 2.26. The fourth-order valence-corrected chi connectivity index (χ4v) is 4.00. The van der Waals surface area contributed by atoms with Crippen LogP contribution in [0.15, 0.2) is 48.5 Å². The number of nitrogens with zero attached hydrogens (tertiary/aromatic N) is 3. The van der Waals surface area contributed by atoms with Gasteiger partial charge in [0, 0.05) is 12.2 Å². The van der Waals surface area contributed by atoms with Gasteiger partial charge in [0.25, 0.3) is 0 Å². The molecule has 0 unspecified atom stereocenters. The van der Waals surface area contributed by atoms with Crippen LogP contribution in [0.3, 0.4) is 0 Å². The molecule has 0 spiro atoms. The monoisotopic (exact) mass is 437 g/mol. The van der Waals surface area contributed by atoms with Gasteiger partial charge in [-0.2, -0.15) is 4.57 Å². The van der Waals surface area contributed by atoms with Crippen molar-refractivity contribution in [2.45, 2.75) is 20.3 Å². The summed E-state index contributed by atoms with van der Waals surface area (Å²) in [7, 11) is 0. The number of ether oxygens (including phenoxy) is 1. The predicted octanol–water partition coefficient (Wildman–Crippen LogP) is 4.91. The van der Waals surface area contributed by atoms with Crippen LogP contribution in [0.25, 0.3) is 10.2 Å². The summed E-state index contributed by atoms with van der Waals surface area (Å²) in [5.41, 5.74) is 3.26. The number of carbonyl (C=O) groups excluding carboxylic acids is 1. The molecule has 3 N–H and O–H groups in total. The van der Waals surface area contributed by atoms with Gasteiger partial charge < -0.3 is 20.5 Å². The van der Waals surface area contributed by atoms with E-state index in [2.05, 4.69) is 26.7 Å². The molecule has 8 nitrogen and oxygen atoms in total. The SMILES string of the molecule is CCOC(=O)n1c(Nc2ccc(CCNc3nc4ccccc4s3)cc2)nc(C)c1O. The van der Waals surface area contributed by atoms with E-state index in [1.807, 2.05) is 42.5 Å². The second kappa shape index (κ2) is 9.05. The fraction of sp³-hybridized carbons (Fsp3) is 0.227. The number of fused-ring (bicyclic) bond motifs is 1.